The molecule has 2 aromatic rings. The minimum atomic E-state index is -3.45. The smallest absolute Gasteiger partial charge is 0.229 e. The van der Waals surface area contributed by atoms with Crippen molar-refractivity contribution in [2.45, 2.75) is 6.42 Å². The van der Waals surface area contributed by atoms with Crippen molar-refractivity contribution in [3.05, 3.63) is 47.8 Å². The lowest BCUT2D eigenvalue weighted by atomic mass is 10.1. The van der Waals surface area contributed by atoms with E-state index in [0.29, 0.717) is 24.7 Å². The van der Waals surface area contributed by atoms with Crippen LogP contribution in [0.3, 0.4) is 0 Å². The van der Waals surface area contributed by atoms with Gasteiger partial charge in [0.1, 0.15) is 6.61 Å². The fourth-order valence-electron chi connectivity index (χ4n) is 2.67. The normalized spacial score (nSPS) is 11.0. The van der Waals surface area contributed by atoms with Crippen molar-refractivity contribution in [1.82, 2.24) is 4.90 Å². The number of ether oxygens (including phenoxy) is 3. The van der Waals surface area contributed by atoms with Gasteiger partial charge < -0.3 is 19.1 Å². The lowest BCUT2D eigenvalue weighted by Gasteiger charge is -2.18. The third-order valence-electron chi connectivity index (χ3n) is 4.20. The molecule has 0 aliphatic heterocycles. The second kappa shape index (κ2) is 11.8. The molecule has 0 aromatic heterocycles. The molecule has 0 fully saturated rings. The summed E-state index contributed by atoms with van der Waals surface area (Å²) in [6.45, 7) is 1.70. The van der Waals surface area contributed by atoms with Crippen LogP contribution < -0.4 is 18.9 Å². The van der Waals surface area contributed by atoms with Gasteiger partial charge in [-0.1, -0.05) is 6.07 Å². The third-order valence-corrected chi connectivity index (χ3v) is 4.80. The molecule has 0 unspecified atom stereocenters. The second-order valence-corrected chi connectivity index (χ2v) is 8.36. The summed E-state index contributed by atoms with van der Waals surface area (Å²) in [5, 5.41) is 0. The van der Waals surface area contributed by atoms with Crippen LogP contribution in [-0.4, -0.2) is 60.5 Å². The zero-order chi connectivity index (χ0) is 21.4. The van der Waals surface area contributed by atoms with Crippen LogP contribution in [0.25, 0.3) is 0 Å². The number of likely N-dealkylation sites (N-methyl/N-ethyl adjacent to an activating group) is 1. The van der Waals surface area contributed by atoms with Gasteiger partial charge in [0.25, 0.3) is 0 Å². The Labute approximate surface area is 183 Å². The second-order valence-electron chi connectivity index (χ2n) is 6.61. The van der Waals surface area contributed by atoms with Crippen LogP contribution in [-0.2, 0) is 16.4 Å². The molecule has 0 amide bonds. The number of nitrogens with one attached hydrogen (secondary N) is 1. The van der Waals surface area contributed by atoms with E-state index in [1.807, 2.05) is 25.2 Å². The molecular formula is C20H28ClFN2O5S. The van der Waals surface area contributed by atoms with Gasteiger partial charge in [-0.3, -0.25) is 4.72 Å². The number of hydrogen-bond donors (Lipinski definition) is 1. The molecule has 0 heterocycles. The Kier molecular flexibility index (Phi) is 10.2. The topological polar surface area (TPSA) is 77.1 Å². The summed E-state index contributed by atoms with van der Waals surface area (Å²) >= 11 is 0. The van der Waals surface area contributed by atoms with Gasteiger partial charge in [0.15, 0.2) is 23.1 Å². The van der Waals surface area contributed by atoms with E-state index in [4.69, 9.17) is 14.2 Å². The number of rotatable bonds is 11. The Morgan fingerprint density at radius 2 is 1.67 bits per heavy atom. The Morgan fingerprint density at radius 1 is 1.00 bits per heavy atom. The molecule has 0 saturated heterocycles. The highest BCUT2D eigenvalue weighted by molar-refractivity contribution is 7.92. The zero-order valence-electron chi connectivity index (χ0n) is 17.5. The number of halogens is 2. The van der Waals surface area contributed by atoms with Crippen LogP contribution in [0.15, 0.2) is 36.4 Å². The molecule has 0 aliphatic rings. The van der Waals surface area contributed by atoms with E-state index < -0.39 is 15.8 Å². The van der Waals surface area contributed by atoms with Crippen LogP contribution in [0, 0.1) is 5.82 Å². The van der Waals surface area contributed by atoms with Gasteiger partial charge in [0, 0.05) is 19.2 Å². The van der Waals surface area contributed by atoms with Crippen molar-refractivity contribution in [3.63, 3.8) is 0 Å². The molecule has 0 spiro atoms. The molecule has 30 heavy (non-hydrogen) atoms. The van der Waals surface area contributed by atoms with Gasteiger partial charge in [-0.05, 0) is 43.3 Å². The average Bonchev–Trinajstić information content (AvgIpc) is 2.66. The Hall–Kier alpha value is -2.23. The van der Waals surface area contributed by atoms with E-state index in [9.17, 15) is 12.8 Å². The fourth-order valence-corrected chi connectivity index (χ4v) is 3.23. The maximum atomic E-state index is 14.1. The van der Waals surface area contributed by atoms with Crippen molar-refractivity contribution >= 4 is 28.1 Å². The maximum absolute atomic E-state index is 14.1. The first-order valence-electron chi connectivity index (χ1n) is 9.01. The monoisotopic (exact) mass is 462 g/mol. The number of nitrogens with zero attached hydrogens (tertiary/aromatic N) is 1. The Balaban J connectivity index is 0.00000450. The molecule has 0 atom stereocenters. The molecule has 10 heteroatoms. The van der Waals surface area contributed by atoms with Crippen LogP contribution in [0.2, 0.25) is 0 Å². The van der Waals surface area contributed by atoms with Crippen molar-refractivity contribution in [2.75, 3.05) is 51.9 Å². The highest BCUT2D eigenvalue weighted by Crippen LogP contribution is 2.27. The van der Waals surface area contributed by atoms with Gasteiger partial charge >= 0.3 is 0 Å². The standard InChI is InChI=1S/C20H27FN2O5S.ClH/c1-23(10-9-15-5-7-19(26-2)20(13-15)27-3)11-12-28-18-8-6-16(14-17(18)21)22-29(4,24)25;/h5-8,13-14,22H,9-12H2,1-4H3;1H. The SMILES string of the molecule is COc1ccc(CCN(C)CCOc2ccc(NS(C)(=O)=O)cc2F)cc1OC.Cl. The number of hydrogen-bond acceptors (Lipinski definition) is 6. The summed E-state index contributed by atoms with van der Waals surface area (Å²) in [6, 6.07) is 9.78. The quantitative estimate of drug-likeness (QED) is 0.552. The third kappa shape index (κ3) is 8.25. The summed E-state index contributed by atoms with van der Waals surface area (Å²) in [5.41, 5.74) is 1.28. The van der Waals surface area contributed by atoms with Crippen molar-refractivity contribution in [1.29, 1.82) is 0 Å². The van der Waals surface area contributed by atoms with E-state index in [-0.39, 0.29) is 23.8 Å². The summed E-state index contributed by atoms with van der Waals surface area (Å²) in [6.07, 6.45) is 1.82. The summed E-state index contributed by atoms with van der Waals surface area (Å²) in [5.74, 6) is 0.849. The lowest BCUT2D eigenvalue weighted by Crippen LogP contribution is -2.26. The van der Waals surface area contributed by atoms with Crippen LogP contribution >= 0.6 is 12.4 Å². The van der Waals surface area contributed by atoms with E-state index in [1.165, 1.54) is 12.1 Å². The van der Waals surface area contributed by atoms with Gasteiger partial charge in [-0.25, -0.2) is 12.8 Å². The van der Waals surface area contributed by atoms with Crippen molar-refractivity contribution in [2.24, 2.45) is 0 Å². The van der Waals surface area contributed by atoms with Gasteiger partial charge in [0.2, 0.25) is 10.0 Å². The maximum Gasteiger partial charge on any atom is 0.229 e. The molecule has 0 radical (unpaired) electrons. The highest BCUT2D eigenvalue weighted by Gasteiger charge is 2.09. The molecule has 168 valence electrons. The molecular weight excluding hydrogens is 435 g/mol. The zero-order valence-corrected chi connectivity index (χ0v) is 19.1. The van der Waals surface area contributed by atoms with E-state index in [1.54, 1.807) is 14.2 Å². The largest absolute Gasteiger partial charge is 0.493 e. The number of sulfonamides is 1. The van der Waals surface area contributed by atoms with Crippen LogP contribution in [0.4, 0.5) is 10.1 Å². The average molecular weight is 463 g/mol. The van der Waals surface area contributed by atoms with Gasteiger partial charge in [-0.2, -0.15) is 0 Å². The molecule has 7 nitrogen and oxygen atoms in total. The van der Waals surface area contributed by atoms with Crippen molar-refractivity contribution in [3.8, 4) is 17.2 Å². The lowest BCUT2D eigenvalue weighted by molar-refractivity contribution is 0.232. The number of methoxy groups -OCH3 is 2. The molecule has 2 rings (SSSR count). The molecule has 0 bridgehead atoms. The van der Waals surface area contributed by atoms with Crippen LogP contribution in [0.5, 0.6) is 17.2 Å². The first-order valence-corrected chi connectivity index (χ1v) is 10.9. The Morgan fingerprint density at radius 3 is 2.27 bits per heavy atom. The molecule has 0 aliphatic carbocycles. The van der Waals surface area contributed by atoms with E-state index in [0.717, 1.165) is 30.9 Å². The molecule has 0 saturated carbocycles. The van der Waals surface area contributed by atoms with Crippen molar-refractivity contribution < 1.29 is 27.0 Å². The summed E-state index contributed by atoms with van der Waals surface area (Å²) < 4.78 is 54.7. The minimum Gasteiger partial charge on any atom is -0.493 e. The van der Waals surface area contributed by atoms with E-state index >= 15 is 0 Å². The summed E-state index contributed by atoms with van der Waals surface area (Å²) in [7, 11) is 1.71. The predicted molar refractivity (Wildman–Crippen MR) is 118 cm³/mol. The fraction of sp³-hybridized carbons (Fsp3) is 0.400. The number of anilines is 1. The molecule has 1 N–H and O–H groups in total. The minimum absolute atomic E-state index is 0. The Bertz CT molecular complexity index is 927. The van der Waals surface area contributed by atoms with Crippen LogP contribution in [0.1, 0.15) is 5.56 Å². The number of benzene rings is 2. The van der Waals surface area contributed by atoms with E-state index in [2.05, 4.69) is 9.62 Å². The predicted octanol–water partition coefficient (Wildman–Crippen LogP) is 3.19. The van der Waals surface area contributed by atoms with Gasteiger partial charge in [-0.15, -0.1) is 12.4 Å². The first kappa shape index (κ1) is 25.8. The van der Waals surface area contributed by atoms with Gasteiger partial charge in [0.05, 0.1) is 26.2 Å². The molecule has 2 aromatic carbocycles. The summed E-state index contributed by atoms with van der Waals surface area (Å²) in [4.78, 5) is 2.08. The highest BCUT2D eigenvalue weighted by atomic mass is 35.5. The first-order chi connectivity index (χ1) is 13.7.